The Labute approximate surface area is 602 Å². The molecule has 13 atom stereocenters. The highest BCUT2D eigenvalue weighted by molar-refractivity contribution is 8.01. The molecule has 4 saturated heterocycles. The van der Waals surface area contributed by atoms with Crippen LogP contribution in [-0.2, 0) is 44.8 Å². The molecule has 4 heterocycles. The number of thioether (sulfide) groups is 1. The number of carbonyl (C=O) groups is 9. The van der Waals surface area contributed by atoms with Gasteiger partial charge in [0.05, 0.1) is 54.4 Å². The zero-order valence-corrected chi connectivity index (χ0v) is 59.5. The Hall–Kier alpha value is -8.80. The third-order valence-electron chi connectivity index (χ3n) is 22.1. The Balaban J connectivity index is 0.000000162. The minimum absolute atomic E-state index is 0.0454. The first-order valence-corrected chi connectivity index (χ1v) is 35.1. The second-order valence-electron chi connectivity index (χ2n) is 29.3. The van der Waals surface area contributed by atoms with E-state index in [9.17, 15) is 99.3 Å². The standard InChI is InChI=1S/C29H38N4O9.C27H33N3O8.C16H18N2O5S/c1-28(41)15-5-4-6-18(35)19(15)23(36)20-16(28)13-17-22(31(2)3)24(37)21(26(39)29(17,42)25(20)38)27(40)30-14-33-9-7-32(8-10-33)11-12-34;1-26(37)13-7-6-8-16(31)17(13)21(32)18-14(26)11-15-20(29(2)3)22(33)19(24(35)27(15,38)23(18)34)25(36)28-12-30-9-4-5-10-30;1-16(2)12(15(21)22)18-13(20)11(14(18)24-16)17-10(19)8-23-9-6-4-3-5-7-9/h4-6,16-17,22,34-35,37-38,41-42H,7-14H2,1-3H3,(H,30,40);6-8,14-15,20,31,33-34,37-38H,4-5,9-12H2,1-3H3,(H,28,36);3-7,11-12,14H,8H2,1-2H3,(H,17,19)(H,21,22)/t16?,17-,22-,28+,29-;14-,15-,20-,26+,27-;11-,12+,14-/m001/s1. The number of para-hydroxylation sites is 1. The van der Waals surface area contributed by atoms with E-state index in [1.54, 1.807) is 66.3 Å². The highest BCUT2D eigenvalue weighted by atomic mass is 32.2. The van der Waals surface area contributed by atoms with E-state index in [1.807, 2.05) is 15.9 Å². The van der Waals surface area contributed by atoms with Crippen LogP contribution in [-0.4, -0.2) is 289 Å². The van der Waals surface area contributed by atoms with Gasteiger partial charge < -0.3 is 86.9 Å². The van der Waals surface area contributed by atoms with Crippen molar-refractivity contribution < 1.29 is 109 Å². The largest absolute Gasteiger partial charge is 0.510 e. The van der Waals surface area contributed by atoms with Crippen LogP contribution in [0, 0.1) is 23.7 Å². The van der Waals surface area contributed by atoms with Crippen molar-refractivity contribution in [3.05, 3.63) is 134 Å². The van der Waals surface area contributed by atoms with Crippen LogP contribution in [0.1, 0.15) is 85.2 Å². The zero-order chi connectivity index (χ0) is 75.9. The number of phenols is 2. The molecular formula is C72H89N9O22S. The summed E-state index contributed by atoms with van der Waals surface area (Å²) in [5.41, 5.74) is -11.4. The Morgan fingerprint density at radius 3 is 1.45 bits per heavy atom. The summed E-state index contributed by atoms with van der Waals surface area (Å²) in [5.74, 6) is -15.8. The number of aliphatic hydroxyl groups is 9. The average Bonchev–Trinajstić information content (AvgIpc) is 0.943. The van der Waals surface area contributed by atoms with Gasteiger partial charge in [-0.1, -0.05) is 42.5 Å². The minimum Gasteiger partial charge on any atom is -0.510 e. The topological polar surface area (TPSA) is 461 Å². The van der Waals surface area contributed by atoms with Crippen molar-refractivity contribution in [2.75, 3.05) is 101 Å². The molecule has 0 bridgehead atoms. The SMILES string of the molecule is CC1(C)S[C@@H]2[C@H](NC(=O)COc3ccccc3)C(=O)N2[C@H]1C(=O)O.CN(C)[C@@H]1C(O)=C(C(=O)NCN2CCCC2)C(=O)[C@@]2(O)C(O)=C3C(=O)c4c(O)cccc4[C@@](C)(O)[C@H]3C[C@@H]12.CN(C)[C@@H]1C(O)=C(C(=O)NCN2CCN(CCO)CC2)C(=O)[C@@]2(O)C(O)=C3C(=O)c4c(O)cccc4[C@@](C)(O)C3C[C@@H]12. The fourth-order valence-electron chi connectivity index (χ4n) is 16.8. The van der Waals surface area contributed by atoms with Gasteiger partial charge in [0, 0.05) is 72.3 Å². The van der Waals surface area contributed by atoms with Crippen LogP contribution in [0.2, 0.25) is 0 Å². The number of nitrogens with zero attached hydrogens (tertiary/aromatic N) is 6. The van der Waals surface area contributed by atoms with Crippen molar-refractivity contribution in [1.29, 1.82) is 0 Å². The van der Waals surface area contributed by atoms with Crippen LogP contribution < -0.4 is 20.7 Å². The molecule has 0 spiro atoms. The fourth-order valence-corrected chi connectivity index (χ4v) is 18.4. The van der Waals surface area contributed by atoms with Gasteiger partial charge >= 0.3 is 5.97 Å². The van der Waals surface area contributed by atoms with Gasteiger partial charge in [-0.25, -0.2) is 4.79 Å². The number of fused-ring (bicyclic) bond motifs is 7. The summed E-state index contributed by atoms with van der Waals surface area (Å²) >= 11 is 1.39. The Kier molecular flexibility index (Phi) is 21.0. The summed E-state index contributed by atoms with van der Waals surface area (Å²) in [4.78, 5) is 128. The first-order valence-electron chi connectivity index (χ1n) is 34.2. The maximum absolute atomic E-state index is 13.9. The molecule has 4 fully saturated rings. The van der Waals surface area contributed by atoms with Crippen molar-refractivity contribution in [1.82, 2.24) is 45.3 Å². The number of hydrogen-bond donors (Lipinski definition) is 15. The van der Waals surface area contributed by atoms with E-state index in [1.165, 1.54) is 76.7 Å². The highest BCUT2D eigenvalue weighted by Gasteiger charge is 2.69. The van der Waals surface area contributed by atoms with Crippen LogP contribution in [0.25, 0.3) is 0 Å². The molecular weight excluding hydrogens is 1370 g/mol. The molecule has 3 aromatic carbocycles. The number of ketones is 4. The number of carbonyl (C=O) groups excluding carboxylic acids is 8. The lowest BCUT2D eigenvalue weighted by atomic mass is 9.55. The molecule has 4 aliphatic heterocycles. The van der Waals surface area contributed by atoms with Crippen LogP contribution in [0.4, 0.5) is 0 Å². The highest BCUT2D eigenvalue weighted by Crippen LogP contribution is 2.59. The van der Waals surface area contributed by atoms with E-state index in [4.69, 9.17) is 9.84 Å². The van der Waals surface area contributed by atoms with Crippen LogP contribution in [0.3, 0.4) is 0 Å². The van der Waals surface area contributed by atoms with E-state index >= 15 is 0 Å². The van der Waals surface area contributed by atoms with Crippen LogP contribution >= 0.6 is 11.8 Å². The molecule has 32 heteroatoms. The number of piperazine rings is 1. The lowest BCUT2D eigenvalue weighted by Gasteiger charge is -2.52. The van der Waals surface area contributed by atoms with E-state index < -0.39 is 179 Å². The number of ether oxygens (including phenoxy) is 1. The second-order valence-corrected chi connectivity index (χ2v) is 31.0. The van der Waals surface area contributed by atoms with Gasteiger partial charge in [0.25, 0.3) is 17.7 Å². The number of nitrogens with one attached hydrogen (secondary N) is 3. The van der Waals surface area contributed by atoms with Crippen LogP contribution in [0.5, 0.6) is 17.2 Å². The van der Waals surface area contributed by atoms with Gasteiger partial charge in [0.15, 0.2) is 29.4 Å². The summed E-state index contributed by atoms with van der Waals surface area (Å²) in [6, 6.07) is 13.6. The third kappa shape index (κ3) is 12.8. The summed E-state index contributed by atoms with van der Waals surface area (Å²) < 4.78 is 4.74. The quantitative estimate of drug-likeness (QED) is 0.0711. The molecule has 104 heavy (non-hydrogen) atoms. The predicted octanol–water partition coefficient (Wildman–Crippen LogP) is 0.151. The van der Waals surface area contributed by atoms with E-state index in [-0.39, 0.29) is 72.9 Å². The summed E-state index contributed by atoms with van der Waals surface area (Å²) in [6.07, 6.45) is 1.58. The molecule has 0 radical (unpaired) electrons. The number of hydrogen-bond acceptors (Lipinski definition) is 27. The number of amides is 4. The molecule has 4 amide bonds. The van der Waals surface area contributed by atoms with Gasteiger partial charge in [-0.05, 0) is 130 Å². The van der Waals surface area contributed by atoms with Gasteiger partial charge in [-0.2, -0.15) is 0 Å². The zero-order valence-electron chi connectivity index (χ0n) is 58.7. The second kappa shape index (κ2) is 28.6. The number of likely N-dealkylation sites (N-methyl/N-ethyl adjacent to an activating group) is 2. The monoisotopic (exact) mass is 1460 g/mol. The number of carboxylic acids is 1. The van der Waals surface area contributed by atoms with E-state index in [0.29, 0.717) is 38.5 Å². The predicted molar refractivity (Wildman–Crippen MR) is 370 cm³/mol. The lowest BCUT2D eigenvalue weighted by Crippen LogP contribution is -2.70. The summed E-state index contributed by atoms with van der Waals surface area (Å²) in [6.45, 7) is 11.1. The summed E-state index contributed by atoms with van der Waals surface area (Å²) in [5, 5.41) is 140. The van der Waals surface area contributed by atoms with Crippen molar-refractivity contribution >= 4 is 64.5 Å². The molecule has 1 unspecified atom stereocenters. The Bertz CT molecular complexity index is 4160. The van der Waals surface area contributed by atoms with Crippen molar-refractivity contribution in [2.45, 2.75) is 110 Å². The van der Waals surface area contributed by atoms with Gasteiger partial charge in [0.2, 0.25) is 17.5 Å². The Morgan fingerprint density at radius 1 is 0.596 bits per heavy atom. The van der Waals surface area contributed by atoms with E-state index in [0.717, 1.165) is 25.9 Å². The number of carboxylic acid groups (broad SMARTS) is 1. The molecule has 10 aliphatic rings. The average molecular weight is 1460 g/mol. The number of aliphatic hydroxyl groups excluding tert-OH is 5. The van der Waals surface area contributed by atoms with Gasteiger partial charge in [-0.15, -0.1) is 11.8 Å². The van der Waals surface area contributed by atoms with Gasteiger partial charge in [0.1, 0.15) is 68.9 Å². The van der Waals surface area contributed by atoms with Crippen molar-refractivity contribution in [2.24, 2.45) is 23.7 Å². The molecule has 0 saturated carbocycles. The lowest BCUT2D eigenvalue weighted by molar-refractivity contribution is -0.161. The number of rotatable bonds is 15. The maximum Gasteiger partial charge on any atom is 0.327 e. The molecule has 15 N–H and O–H groups in total. The third-order valence-corrected chi connectivity index (χ3v) is 23.7. The number of likely N-dealkylation sites (tertiary alicyclic amines) is 1. The van der Waals surface area contributed by atoms with Gasteiger partial charge in [-0.3, -0.25) is 62.9 Å². The molecule has 560 valence electrons. The number of aromatic hydroxyl groups is 2. The molecule has 31 nitrogen and oxygen atoms in total. The van der Waals surface area contributed by atoms with Crippen molar-refractivity contribution in [3.63, 3.8) is 0 Å². The number of benzene rings is 3. The van der Waals surface area contributed by atoms with Crippen molar-refractivity contribution in [3.8, 4) is 17.2 Å². The molecule has 0 aromatic heterocycles. The molecule has 13 rings (SSSR count). The molecule has 6 aliphatic carbocycles. The Morgan fingerprint density at radius 2 is 1.03 bits per heavy atom. The van der Waals surface area contributed by atoms with Crippen LogP contribution in [0.15, 0.2) is 112 Å². The normalized spacial score (nSPS) is 31.4. The van der Waals surface area contributed by atoms with E-state index in [2.05, 4.69) is 20.9 Å². The first kappa shape index (κ1) is 76.3. The molecule has 3 aromatic rings. The number of aliphatic carboxylic acids is 1. The number of Topliss-reactive ketones (excluding diaryl/α,β-unsaturated/α-hetero) is 4. The minimum atomic E-state index is -2.76. The smallest absolute Gasteiger partial charge is 0.327 e. The number of phenolic OH excluding ortho intramolecular Hbond substituents is 2. The fraction of sp³-hybridized carbons (Fsp3) is 0.514. The maximum atomic E-state index is 13.9. The number of β-amino-alcohol motifs (C(OH)–C–C–N with tert-alkyl or cyclic N) is 1. The number of β-lactam (4-membered cyclic amide) rings is 1. The first-order chi connectivity index (χ1) is 48.9. The summed E-state index contributed by atoms with van der Waals surface area (Å²) in [7, 11) is 6.33.